The second kappa shape index (κ2) is 22.2. The second-order valence-electron chi connectivity index (χ2n) is 12.0. The average molecular weight is 696 g/mol. The van der Waals surface area contributed by atoms with Gasteiger partial charge in [-0.2, -0.15) is 0 Å². The molecular formula is C39H53NO10. The molecule has 0 radical (unpaired) electrons. The lowest BCUT2D eigenvalue weighted by Crippen LogP contribution is -2.29. The molecule has 1 amide bonds. The summed E-state index contributed by atoms with van der Waals surface area (Å²) in [6.07, 6.45) is -0.175. The molecule has 0 aliphatic carbocycles. The number of aromatic hydroxyl groups is 1. The SMILES string of the molecule is CCOC(=O)C(Cc1cccc(O)c1)OCC.CCOC(=O)C(Cc1cccc(OCCc2ccc(NC(=O)OC(C)(C)C)cc2)c1)OCC. The van der Waals surface area contributed by atoms with Gasteiger partial charge in [-0.3, -0.25) is 5.32 Å². The predicted octanol–water partition coefficient (Wildman–Crippen LogP) is 7.07. The Kier molecular flexibility index (Phi) is 18.4. The molecule has 0 aliphatic rings. The molecule has 0 bridgehead atoms. The molecule has 3 aromatic rings. The Morgan fingerprint density at radius 3 is 1.74 bits per heavy atom. The van der Waals surface area contributed by atoms with E-state index in [1.165, 1.54) is 0 Å². The van der Waals surface area contributed by atoms with Gasteiger partial charge in [0.05, 0.1) is 19.8 Å². The van der Waals surface area contributed by atoms with Gasteiger partial charge in [0.25, 0.3) is 0 Å². The van der Waals surface area contributed by atoms with Gasteiger partial charge in [-0.25, -0.2) is 14.4 Å². The highest BCUT2D eigenvalue weighted by Gasteiger charge is 2.22. The molecule has 3 aromatic carbocycles. The Morgan fingerprint density at radius 1 is 0.700 bits per heavy atom. The quantitative estimate of drug-likeness (QED) is 0.111. The third kappa shape index (κ3) is 16.7. The predicted molar refractivity (Wildman–Crippen MR) is 192 cm³/mol. The summed E-state index contributed by atoms with van der Waals surface area (Å²) < 4.78 is 32.1. The maximum Gasteiger partial charge on any atom is 0.412 e. The standard InChI is InChI=1S/C26H35NO6.C13H18O4/c1-6-30-23(24(28)31-7-2)18-20-9-8-10-22(17-20)32-16-15-19-11-13-21(14-12-19)27-25(29)33-26(3,4)5;1-3-16-12(13(15)17-4-2)9-10-6-5-7-11(14)8-10/h8-14,17,23H,6-7,15-16,18H2,1-5H3,(H,27,29);5-8,12,14H,3-4,9H2,1-2H3. The summed E-state index contributed by atoms with van der Waals surface area (Å²) in [5.41, 5.74) is 3.00. The van der Waals surface area contributed by atoms with E-state index >= 15 is 0 Å². The second-order valence-corrected chi connectivity index (χ2v) is 12.0. The van der Waals surface area contributed by atoms with Crippen molar-refractivity contribution in [3.8, 4) is 11.5 Å². The van der Waals surface area contributed by atoms with Gasteiger partial charge in [0.15, 0.2) is 12.2 Å². The summed E-state index contributed by atoms with van der Waals surface area (Å²) in [7, 11) is 0. The van der Waals surface area contributed by atoms with Crippen molar-refractivity contribution < 1.29 is 47.9 Å². The summed E-state index contributed by atoms with van der Waals surface area (Å²) in [5, 5.41) is 12.1. The minimum atomic E-state index is -0.627. The van der Waals surface area contributed by atoms with Crippen molar-refractivity contribution in [1.82, 2.24) is 0 Å². The molecule has 0 aromatic heterocycles. The Labute approximate surface area is 296 Å². The number of benzene rings is 3. The summed E-state index contributed by atoms with van der Waals surface area (Å²) in [6.45, 7) is 14.7. The van der Waals surface area contributed by atoms with Gasteiger partial charge in [0.1, 0.15) is 17.1 Å². The van der Waals surface area contributed by atoms with E-state index in [-0.39, 0.29) is 17.7 Å². The molecule has 11 heteroatoms. The topological polar surface area (TPSA) is 139 Å². The van der Waals surface area contributed by atoms with Crippen LogP contribution in [0.4, 0.5) is 10.5 Å². The van der Waals surface area contributed by atoms with Crippen molar-refractivity contribution in [3.05, 3.63) is 89.5 Å². The maximum atomic E-state index is 12.1. The van der Waals surface area contributed by atoms with Crippen molar-refractivity contribution >= 4 is 23.7 Å². The molecule has 0 saturated heterocycles. The van der Waals surface area contributed by atoms with Crippen LogP contribution in [0.3, 0.4) is 0 Å². The summed E-state index contributed by atoms with van der Waals surface area (Å²) >= 11 is 0. The molecule has 0 spiro atoms. The van der Waals surface area contributed by atoms with E-state index in [1.54, 1.807) is 32.0 Å². The highest BCUT2D eigenvalue weighted by molar-refractivity contribution is 5.84. The fourth-order valence-electron chi connectivity index (χ4n) is 4.63. The van der Waals surface area contributed by atoms with Gasteiger partial charge in [-0.05, 0) is 102 Å². The molecule has 3 rings (SSSR count). The number of hydrogen-bond acceptors (Lipinski definition) is 10. The van der Waals surface area contributed by atoms with Crippen LogP contribution in [0.5, 0.6) is 11.5 Å². The first-order valence-electron chi connectivity index (χ1n) is 17.0. The normalized spacial score (nSPS) is 12.1. The highest BCUT2D eigenvalue weighted by Crippen LogP contribution is 2.18. The van der Waals surface area contributed by atoms with Gasteiger partial charge in [0.2, 0.25) is 0 Å². The molecule has 2 unspecified atom stereocenters. The van der Waals surface area contributed by atoms with Gasteiger partial charge < -0.3 is 33.5 Å². The Balaban J connectivity index is 0.000000428. The van der Waals surface area contributed by atoms with E-state index < -0.39 is 23.9 Å². The molecule has 0 heterocycles. The van der Waals surface area contributed by atoms with Gasteiger partial charge >= 0.3 is 18.0 Å². The number of anilines is 1. The molecule has 2 N–H and O–H groups in total. The van der Waals surface area contributed by atoms with Crippen molar-refractivity contribution in [3.63, 3.8) is 0 Å². The zero-order chi connectivity index (χ0) is 36.9. The number of hydrogen-bond donors (Lipinski definition) is 2. The van der Waals surface area contributed by atoms with Crippen LogP contribution < -0.4 is 10.1 Å². The molecule has 0 aliphatic heterocycles. The number of ether oxygens (including phenoxy) is 6. The zero-order valence-electron chi connectivity index (χ0n) is 30.4. The monoisotopic (exact) mass is 695 g/mol. The van der Waals surface area contributed by atoms with Crippen LogP contribution in [-0.2, 0) is 52.5 Å². The third-order valence-electron chi connectivity index (χ3n) is 6.74. The van der Waals surface area contributed by atoms with Crippen LogP contribution in [0.1, 0.15) is 65.2 Å². The van der Waals surface area contributed by atoms with Crippen LogP contribution in [0.2, 0.25) is 0 Å². The number of phenolic OH excluding ortho intramolecular Hbond substituents is 1. The molecule has 0 saturated carbocycles. The van der Waals surface area contributed by atoms with E-state index in [4.69, 9.17) is 28.4 Å². The number of amides is 1. The Hall–Kier alpha value is -4.61. The molecule has 2 atom stereocenters. The number of carbonyl (C=O) groups is 3. The molecule has 50 heavy (non-hydrogen) atoms. The number of phenols is 1. The van der Waals surface area contributed by atoms with E-state index in [9.17, 15) is 19.5 Å². The lowest BCUT2D eigenvalue weighted by atomic mass is 10.1. The van der Waals surface area contributed by atoms with E-state index in [2.05, 4.69) is 5.32 Å². The van der Waals surface area contributed by atoms with Crippen LogP contribution in [0.15, 0.2) is 72.8 Å². The summed E-state index contributed by atoms with van der Waals surface area (Å²) in [4.78, 5) is 35.6. The number of nitrogens with one attached hydrogen (secondary N) is 1. The summed E-state index contributed by atoms with van der Waals surface area (Å²) in [6, 6.07) is 22.0. The Morgan fingerprint density at radius 2 is 1.24 bits per heavy atom. The molecule has 11 nitrogen and oxygen atoms in total. The lowest BCUT2D eigenvalue weighted by molar-refractivity contribution is -0.157. The fraction of sp³-hybridized carbons (Fsp3) is 0.462. The first-order chi connectivity index (χ1) is 23.9. The minimum absolute atomic E-state index is 0.182. The lowest BCUT2D eigenvalue weighted by Gasteiger charge is -2.19. The van der Waals surface area contributed by atoms with Crippen LogP contribution in [0.25, 0.3) is 0 Å². The number of esters is 2. The van der Waals surface area contributed by atoms with Crippen molar-refractivity contribution in [2.24, 2.45) is 0 Å². The van der Waals surface area contributed by atoms with Crippen molar-refractivity contribution in [2.75, 3.05) is 38.4 Å². The van der Waals surface area contributed by atoms with Crippen LogP contribution >= 0.6 is 0 Å². The highest BCUT2D eigenvalue weighted by atomic mass is 16.6. The third-order valence-corrected chi connectivity index (χ3v) is 6.74. The summed E-state index contributed by atoms with van der Waals surface area (Å²) in [5.74, 6) is 0.199. The number of rotatable bonds is 17. The van der Waals surface area contributed by atoms with Gasteiger partial charge in [-0.15, -0.1) is 0 Å². The van der Waals surface area contributed by atoms with Gasteiger partial charge in [0, 0.05) is 38.2 Å². The van der Waals surface area contributed by atoms with Crippen molar-refractivity contribution in [1.29, 1.82) is 0 Å². The van der Waals surface area contributed by atoms with E-state index in [0.29, 0.717) is 58.0 Å². The van der Waals surface area contributed by atoms with Crippen LogP contribution in [0, 0.1) is 0 Å². The smallest absolute Gasteiger partial charge is 0.412 e. The fourth-order valence-corrected chi connectivity index (χ4v) is 4.63. The largest absolute Gasteiger partial charge is 0.508 e. The minimum Gasteiger partial charge on any atom is -0.508 e. The first-order valence-corrected chi connectivity index (χ1v) is 17.0. The van der Waals surface area contributed by atoms with Gasteiger partial charge in [-0.1, -0.05) is 36.4 Å². The molecule has 274 valence electrons. The number of carbonyl (C=O) groups excluding carboxylic acids is 3. The van der Waals surface area contributed by atoms with E-state index in [1.807, 2.05) is 89.2 Å². The van der Waals surface area contributed by atoms with E-state index in [0.717, 1.165) is 22.4 Å². The Bertz CT molecular complexity index is 1450. The average Bonchev–Trinajstić information content (AvgIpc) is 3.05. The zero-order valence-corrected chi connectivity index (χ0v) is 30.4. The maximum absolute atomic E-state index is 12.1. The van der Waals surface area contributed by atoms with Crippen LogP contribution in [-0.4, -0.2) is 74.0 Å². The molecular weight excluding hydrogens is 642 g/mol. The first kappa shape index (κ1) is 41.6. The van der Waals surface area contributed by atoms with Crippen molar-refractivity contribution in [2.45, 2.75) is 85.5 Å². The molecule has 0 fully saturated rings.